The van der Waals surface area contributed by atoms with Crippen LogP contribution in [0.4, 0.5) is 0 Å². The number of aldehydes is 1. The van der Waals surface area contributed by atoms with Gasteiger partial charge in [0.05, 0.1) is 5.60 Å². The van der Waals surface area contributed by atoms with E-state index in [1.807, 2.05) is 6.92 Å². The fraction of sp³-hybridized carbons (Fsp3) is 0.800. The van der Waals surface area contributed by atoms with Crippen LogP contribution in [-0.2, 0) is 14.3 Å². The first-order valence-electron chi connectivity index (χ1n) is 4.75. The molecule has 0 aromatic carbocycles. The lowest BCUT2D eigenvalue weighted by molar-refractivity contribution is -0.129. The molecule has 1 saturated heterocycles. The van der Waals surface area contributed by atoms with Crippen LogP contribution in [0.2, 0.25) is 0 Å². The number of carbonyl (C=O) groups excluding carboxylic acids is 2. The molecule has 4 atom stereocenters. The fourth-order valence-electron chi connectivity index (χ4n) is 2.18. The molecule has 13 heavy (non-hydrogen) atoms. The minimum absolute atomic E-state index is 0.0990. The average Bonchev–Trinajstić information content (AvgIpc) is 2.78. The first-order chi connectivity index (χ1) is 6.08. The predicted octanol–water partition coefficient (Wildman–Crippen LogP) is 0.958. The van der Waals surface area contributed by atoms with Crippen molar-refractivity contribution in [2.75, 3.05) is 0 Å². The van der Waals surface area contributed by atoms with Gasteiger partial charge in [-0.2, -0.15) is 0 Å². The summed E-state index contributed by atoms with van der Waals surface area (Å²) in [6.45, 7) is 3.78. The van der Waals surface area contributed by atoms with Gasteiger partial charge < -0.3 is 9.53 Å². The van der Waals surface area contributed by atoms with E-state index in [0.29, 0.717) is 0 Å². The van der Waals surface area contributed by atoms with E-state index < -0.39 is 0 Å². The quantitative estimate of drug-likeness (QED) is 0.472. The molecule has 3 nitrogen and oxygen atoms in total. The van der Waals surface area contributed by atoms with Gasteiger partial charge in [0, 0.05) is 11.8 Å². The molecule has 0 aromatic heterocycles. The van der Waals surface area contributed by atoms with E-state index >= 15 is 0 Å². The van der Waals surface area contributed by atoms with Crippen LogP contribution in [0.15, 0.2) is 0 Å². The van der Waals surface area contributed by atoms with E-state index in [-0.39, 0.29) is 29.3 Å². The van der Waals surface area contributed by atoms with Crippen LogP contribution in [0.1, 0.15) is 26.7 Å². The van der Waals surface area contributed by atoms with Gasteiger partial charge in [-0.25, -0.2) is 0 Å². The summed E-state index contributed by atoms with van der Waals surface area (Å²) < 4.78 is 5.34. The van der Waals surface area contributed by atoms with Crippen molar-refractivity contribution in [2.45, 2.75) is 38.4 Å². The maximum atomic E-state index is 11.7. The van der Waals surface area contributed by atoms with Crippen molar-refractivity contribution in [3.63, 3.8) is 0 Å². The number of ether oxygens (including phenoxy) is 1. The van der Waals surface area contributed by atoms with E-state index in [4.69, 9.17) is 4.74 Å². The molecule has 1 saturated carbocycles. The molecule has 2 rings (SSSR count). The fourth-order valence-corrected chi connectivity index (χ4v) is 2.18. The summed E-state index contributed by atoms with van der Waals surface area (Å²) in [5.74, 6) is -0.118. The molecule has 0 radical (unpaired) electrons. The number of epoxide rings is 1. The molecule has 0 aromatic rings. The summed E-state index contributed by atoms with van der Waals surface area (Å²) in [6.07, 6.45) is 2.36. The minimum Gasteiger partial charge on any atom is -0.358 e. The summed E-state index contributed by atoms with van der Waals surface area (Å²) in [5, 5.41) is 0. The van der Waals surface area contributed by atoms with Gasteiger partial charge in [-0.05, 0) is 19.8 Å². The summed E-state index contributed by atoms with van der Waals surface area (Å²) in [5.41, 5.74) is -0.184. The minimum atomic E-state index is -0.214. The normalized spacial score (nSPS) is 45.2. The molecule has 0 spiro atoms. The highest BCUT2D eigenvalue weighted by Gasteiger charge is 2.61. The molecule has 0 bridgehead atoms. The third-order valence-electron chi connectivity index (χ3n) is 3.31. The SMILES string of the molecule is CC(C=O)C1CCC2(C)OC2C1=O. The highest BCUT2D eigenvalue weighted by atomic mass is 16.6. The van der Waals surface area contributed by atoms with Gasteiger partial charge in [0.2, 0.25) is 0 Å². The molecule has 1 aliphatic heterocycles. The van der Waals surface area contributed by atoms with E-state index in [9.17, 15) is 9.59 Å². The summed E-state index contributed by atoms with van der Waals surface area (Å²) >= 11 is 0. The van der Waals surface area contributed by atoms with Crippen LogP contribution >= 0.6 is 0 Å². The van der Waals surface area contributed by atoms with E-state index in [2.05, 4.69) is 0 Å². The maximum Gasteiger partial charge on any atom is 0.168 e. The Morgan fingerprint density at radius 3 is 3.00 bits per heavy atom. The molecule has 72 valence electrons. The molecule has 2 fully saturated rings. The van der Waals surface area contributed by atoms with Crippen molar-refractivity contribution in [1.82, 2.24) is 0 Å². The summed E-state index contributed by atoms with van der Waals surface area (Å²) in [6, 6.07) is 0. The number of ketones is 1. The summed E-state index contributed by atoms with van der Waals surface area (Å²) in [7, 11) is 0. The van der Waals surface area contributed by atoms with Crippen molar-refractivity contribution >= 4 is 12.1 Å². The second kappa shape index (κ2) is 2.64. The molecule has 2 aliphatic rings. The van der Waals surface area contributed by atoms with Gasteiger partial charge in [-0.1, -0.05) is 6.92 Å². The molecule has 4 unspecified atom stereocenters. The summed E-state index contributed by atoms with van der Waals surface area (Å²) in [4.78, 5) is 22.2. The molecule has 1 heterocycles. The van der Waals surface area contributed by atoms with Gasteiger partial charge in [0.25, 0.3) is 0 Å². The zero-order valence-corrected chi connectivity index (χ0v) is 7.95. The van der Waals surface area contributed by atoms with Crippen LogP contribution < -0.4 is 0 Å². The largest absolute Gasteiger partial charge is 0.358 e. The van der Waals surface area contributed by atoms with E-state index in [0.717, 1.165) is 19.1 Å². The van der Waals surface area contributed by atoms with Crippen LogP contribution in [0.25, 0.3) is 0 Å². The van der Waals surface area contributed by atoms with Gasteiger partial charge >= 0.3 is 0 Å². The van der Waals surface area contributed by atoms with E-state index in [1.54, 1.807) is 6.92 Å². The second-order valence-electron chi connectivity index (χ2n) is 4.35. The number of fused-ring (bicyclic) bond motifs is 1. The Morgan fingerprint density at radius 2 is 2.38 bits per heavy atom. The number of rotatable bonds is 2. The number of hydrogen-bond acceptors (Lipinski definition) is 3. The Balaban J connectivity index is 2.09. The van der Waals surface area contributed by atoms with Crippen molar-refractivity contribution in [2.24, 2.45) is 11.8 Å². The molecule has 0 amide bonds. The lowest BCUT2D eigenvalue weighted by atomic mass is 9.76. The van der Waals surface area contributed by atoms with Gasteiger partial charge in [-0.15, -0.1) is 0 Å². The number of hydrogen-bond donors (Lipinski definition) is 0. The lowest BCUT2D eigenvalue weighted by Crippen LogP contribution is -2.35. The average molecular weight is 182 g/mol. The zero-order valence-electron chi connectivity index (χ0n) is 7.95. The first kappa shape index (κ1) is 8.88. The standard InChI is InChI=1S/C10H14O3/c1-6(5-11)7-3-4-10(2)9(13-10)8(7)12/h5-7,9H,3-4H2,1-2H3. The highest BCUT2D eigenvalue weighted by molar-refractivity contribution is 5.91. The van der Waals surface area contributed by atoms with E-state index in [1.165, 1.54) is 0 Å². The molecule has 1 aliphatic carbocycles. The topological polar surface area (TPSA) is 46.7 Å². The van der Waals surface area contributed by atoms with Crippen molar-refractivity contribution in [3.05, 3.63) is 0 Å². The van der Waals surface area contributed by atoms with Crippen LogP contribution in [-0.4, -0.2) is 23.8 Å². The Morgan fingerprint density at radius 1 is 1.69 bits per heavy atom. The molecule has 0 N–H and O–H groups in total. The Labute approximate surface area is 77.4 Å². The monoisotopic (exact) mass is 182 g/mol. The molecular formula is C10H14O3. The highest BCUT2D eigenvalue weighted by Crippen LogP contribution is 2.48. The molecule has 3 heteroatoms. The van der Waals surface area contributed by atoms with Gasteiger partial charge in [-0.3, -0.25) is 4.79 Å². The smallest absolute Gasteiger partial charge is 0.168 e. The van der Waals surface area contributed by atoms with Crippen LogP contribution in [0, 0.1) is 11.8 Å². The Bertz CT molecular complexity index is 261. The Kier molecular flexibility index (Phi) is 1.80. The number of Topliss-reactive ketones (excluding diaryl/α,β-unsaturated/α-hetero) is 1. The predicted molar refractivity (Wildman–Crippen MR) is 46.2 cm³/mol. The van der Waals surface area contributed by atoms with Gasteiger partial charge in [0.15, 0.2) is 5.78 Å². The lowest BCUT2D eigenvalue weighted by Gasteiger charge is -2.23. The molecular weight excluding hydrogens is 168 g/mol. The number of carbonyl (C=O) groups is 2. The third-order valence-corrected chi connectivity index (χ3v) is 3.31. The van der Waals surface area contributed by atoms with Gasteiger partial charge in [0.1, 0.15) is 12.4 Å². The van der Waals surface area contributed by atoms with Crippen molar-refractivity contribution in [3.8, 4) is 0 Å². The van der Waals surface area contributed by atoms with Crippen LogP contribution in [0.3, 0.4) is 0 Å². The zero-order chi connectivity index (χ0) is 9.64. The third kappa shape index (κ3) is 1.22. The van der Waals surface area contributed by atoms with Crippen molar-refractivity contribution in [1.29, 1.82) is 0 Å². The first-order valence-corrected chi connectivity index (χ1v) is 4.75. The maximum absolute atomic E-state index is 11.7. The Hall–Kier alpha value is -0.700. The second-order valence-corrected chi connectivity index (χ2v) is 4.35. The van der Waals surface area contributed by atoms with Crippen LogP contribution in [0.5, 0.6) is 0 Å². The van der Waals surface area contributed by atoms with Crippen molar-refractivity contribution < 1.29 is 14.3 Å².